The van der Waals surface area contributed by atoms with Gasteiger partial charge in [0.05, 0.1) is 11.3 Å². The van der Waals surface area contributed by atoms with Crippen LogP contribution in [0.5, 0.6) is 0 Å². The normalized spacial score (nSPS) is 25.0. The number of benzene rings is 1. The Morgan fingerprint density at radius 1 is 1.00 bits per heavy atom. The van der Waals surface area contributed by atoms with Crippen LogP contribution in [0.2, 0.25) is 0 Å². The number of nitrogens with one attached hydrogen (secondary N) is 1. The number of rotatable bonds is 4. The van der Waals surface area contributed by atoms with E-state index in [0.717, 1.165) is 31.2 Å². The van der Waals surface area contributed by atoms with Crippen LogP contribution in [0.3, 0.4) is 0 Å². The highest BCUT2D eigenvalue weighted by Crippen LogP contribution is 2.38. The molecule has 2 aliphatic heterocycles. The lowest BCUT2D eigenvalue weighted by atomic mass is 9.72. The molecule has 1 unspecified atom stereocenters. The molecule has 1 saturated carbocycles. The molecule has 0 radical (unpaired) electrons. The van der Waals surface area contributed by atoms with Crippen LogP contribution in [0.1, 0.15) is 63.4 Å². The second-order valence-electron chi connectivity index (χ2n) is 9.14. The second-order valence-corrected chi connectivity index (χ2v) is 9.14. The zero-order chi connectivity index (χ0) is 21.0. The lowest BCUT2D eigenvalue weighted by molar-refractivity contribution is -0.144. The second kappa shape index (κ2) is 9.46. The fraction of sp³-hybridized carbons (Fsp3) is 0.667. The molecule has 1 atom stereocenters. The van der Waals surface area contributed by atoms with Crippen LogP contribution in [0.15, 0.2) is 24.3 Å². The van der Waals surface area contributed by atoms with Gasteiger partial charge in [-0.2, -0.15) is 0 Å². The Morgan fingerprint density at radius 3 is 2.40 bits per heavy atom. The molecule has 0 spiro atoms. The first-order valence-corrected chi connectivity index (χ1v) is 11.5. The van der Waals surface area contributed by atoms with Crippen molar-refractivity contribution >= 4 is 11.8 Å². The van der Waals surface area contributed by atoms with Crippen molar-refractivity contribution in [1.82, 2.24) is 10.2 Å². The smallest absolute Gasteiger partial charge is 0.233 e. The Morgan fingerprint density at radius 2 is 1.70 bits per heavy atom. The number of nitrogens with zero attached hydrogens (tertiary/aromatic N) is 1. The summed E-state index contributed by atoms with van der Waals surface area (Å²) in [5.41, 5.74) is 0.166. The predicted octanol–water partition coefficient (Wildman–Crippen LogP) is 3.56. The van der Waals surface area contributed by atoms with Crippen LogP contribution in [-0.4, -0.2) is 49.1 Å². The number of hydrogen-bond acceptors (Lipinski definition) is 3. The molecule has 1 aliphatic carbocycles. The maximum absolute atomic E-state index is 13.8. The summed E-state index contributed by atoms with van der Waals surface area (Å²) in [6.45, 7) is 2.18. The summed E-state index contributed by atoms with van der Waals surface area (Å²) >= 11 is 0. The SMILES string of the molecule is O=C(NC1CCCCC1)C1CCCN(C(=O)C2(c3ccc(F)cc3)CCOCC2)C1. The average Bonchev–Trinajstić information content (AvgIpc) is 2.80. The minimum Gasteiger partial charge on any atom is -0.381 e. The Hall–Kier alpha value is -1.95. The van der Waals surface area contributed by atoms with Crippen molar-refractivity contribution in [1.29, 1.82) is 0 Å². The number of amides is 2. The molecule has 3 aliphatic rings. The van der Waals surface area contributed by atoms with Crippen molar-refractivity contribution in [2.45, 2.75) is 69.2 Å². The third kappa shape index (κ3) is 4.53. The van der Waals surface area contributed by atoms with E-state index >= 15 is 0 Å². The van der Waals surface area contributed by atoms with E-state index in [-0.39, 0.29) is 23.5 Å². The third-order valence-electron chi connectivity index (χ3n) is 7.18. The van der Waals surface area contributed by atoms with Gasteiger partial charge >= 0.3 is 0 Å². The van der Waals surface area contributed by atoms with Gasteiger partial charge in [-0.3, -0.25) is 9.59 Å². The van der Waals surface area contributed by atoms with Gasteiger partial charge in [0.1, 0.15) is 5.82 Å². The molecule has 1 aromatic carbocycles. The predicted molar refractivity (Wildman–Crippen MR) is 112 cm³/mol. The topological polar surface area (TPSA) is 58.6 Å². The van der Waals surface area contributed by atoms with E-state index in [1.54, 1.807) is 12.1 Å². The lowest BCUT2D eigenvalue weighted by Gasteiger charge is -2.42. The molecule has 3 fully saturated rings. The lowest BCUT2D eigenvalue weighted by Crippen LogP contribution is -2.54. The highest BCUT2D eigenvalue weighted by molar-refractivity contribution is 5.89. The molecule has 0 bridgehead atoms. The maximum Gasteiger partial charge on any atom is 0.233 e. The number of halogens is 1. The molecule has 5 nitrogen and oxygen atoms in total. The molecule has 1 N–H and O–H groups in total. The van der Waals surface area contributed by atoms with Crippen molar-refractivity contribution in [3.05, 3.63) is 35.6 Å². The highest BCUT2D eigenvalue weighted by Gasteiger charge is 2.45. The van der Waals surface area contributed by atoms with Gasteiger partial charge in [-0.05, 0) is 56.2 Å². The van der Waals surface area contributed by atoms with Crippen LogP contribution < -0.4 is 5.32 Å². The van der Waals surface area contributed by atoms with Crippen LogP contribution in [-0.2, 0) is 19.7 Å². The van der Waals surface area contributed by atoms with Crippen LogP contribution >= 0.6 is 0 Å². The summed E-state index contributed by atoms with van der Waals surface area (Å²) in [6, 6.07) is 6.61. The van der Waals surface area contributed by atoms with E-state index in [9.17, 15) is 14.0 Å². The monoisotopic (exact) mass is 416 g/mol. The van der Waals surface area contributed by atoms with Crippen LogP contribution in [0, 0.1) is 11.7 Å². The van der Waals surface area contributed by atoms with Gasteiger partial charge in [-0.15, -0.1) is 0 Å². The van der Waals surface area contributed by atoms with Crippen molar-refractivity contribution in [2.24, 2.45) is 5.92 Å². The molecule has 2 saturated heterocycles. The highest BCUT2D eigenvalue weighted by atomic mass is 19.1. The molecule has 1 aromatic rings. The van der Waals surface area contributed by atoms with Crippen LogP contribution in [0.4, 0.5) is 4.39 Å². The Balaban J connectivity index is 1.47. The average molecular weight is 417 g/mol. The van der Waals surface area contributed by atoms with Crippen molar-refractivity contribution in [2.75, 3.05) is 26.3 Å². The summed E-state index contributed by atoms with van der Waals surface area (Å²) in [6.07, 6.45) is 8.60. The first-order chi connectivity index (χ1) is 14.6. The quantitative estimate of drug-likeness (QED) is 0.817. The zero-order valence-electron chi connectivity index (χ0n) is 17.7. The van der Waals surface area contributed by atoms with Gasteiger partial charge in [0.15, 0.2) is 0 Å². The number of hydrogen-bond donors (Lipinski definition) is 1. The molecule has 2 amide bonds. The van der Waals surface area contributed by atoms with Crippen molar-refractivity contribution in [3.8, 4) is 0 Å². The first-order valence-electron chi connectivity index (χ1n) is 11.5. The minimum atomic E-state index is -0.687. The maximum atomic E-state index is 13.8. The number of carbonyl (C=O) groups excluding carboxylic acids is 2. The van der Waals surface area contributed by atoms with E-state index < -0.39 is 5.41 Å². The summed E-state index contributed by atoms with van der Waals surface area (Å²) in [5, 5.41) is 3.24. The minimum absolute atomic E-state index is 0.0626. The summed E-state index contributed by atoms with van der Waals surface area (Å²) in [4.78, 5) is 28.5. The Kier molecular flexibility index (Phi) is 6.71. The molecule has 2 heterocycles. The molecule has 0 aromatic heterocycles. The van der Waals surface area contributed by atoms with Gasteiger partial charge in [-0.1, -0.05) is 31.4 Å². The number of likely N-dealkylation sites (tertiary alicyclic amines) is 1. The standard InChI is InChI=1S/C24H33FN2O3/c25-20-10-8-19(9-11-20)24(12-15-30-16-13-24)23(29)27-14-4-5-18(17-27)22(28)26-21-6-2-1-3-7-21/h8-11,18,21H,1-7,12-17H2,(H,26,28). The van der Waals surface area contributed by atoms with E-state index in [2.05, 4.69) is 5.32 Å². The zero-order valence-corrected chi connectivity index (χ0v) is 17.7. The van der Waals surface area contributed by atoms with Gasteiger partial charge in [0, 0.05) is 32.3 Å². The summed E-state index contributed by atoms with van der Waals surface area (Å²) in [7, 11) is 0. The van der Waals surface area contributed by atoms with Crippen LogP contribution in [0.25, 0.3) is 0 Å². The largest absolute Gasteiger partial charge is 0.381 e. The molecular weight excluding hydrogens is 383 g/mol. The number of carbonyl (C=O) groups is 2. The Labute approximate surface area is 178 Å². The summed E-state index contributed by atoms with van der Waals surface area (Å²) < 4.78 is 19.0. The van der Waals surface area contributed by atoms with E-state index in [1.807, 2.05) is 4.90 Å². The third-order valence-corrected chi connectivity index (χ3v) is 7.18. The van der Waals surface area contributed by atoms with Crippen molar-refractivity contribution < 1.29 is 18.7 Å². The Bertz CT molecular complexity index is 739. The van der Waals surface area contributed by atoms with E-state index in [1.165, 1.54) is 31.4 Å². The van der Waals surface area contributed by atoms with E-state index in [4.69, 9.17) is 4.74 Å². The molecule has 6 heteroatoms. The molecule has 4 rings (SSSR count). The fourth-order valence-electron chi connectivity index (χ4n) is 5.36. The van der Waals surface area contributed by atoms with Gasteiger partial charge in [-0.25, -0.2) is 4.39 Å². The van der Waals surface area contributed by atoms with Gasteiger partial charge in [0.25, 0.3) is 0 Å². The van der Waals surface area contributed by atoms with Gasteiger partial charge < -0.3 is 15.0 Å². The summed E-state index contributed by atoms with van der Waals surface area (Å²) in [5.74, 6) is -0.282. The molecule has 30 heavy (non-hydrogen) atoms. The molecular formula is C24H33FN2O3. The molecule has 164 valence electrons. The fourth-order valence-corrected chi connectivity index (χ4v) is 5.36. The number of piperidine rings is 1. The first kappa shape index (κ1) is 21.3. The van der Waals surface area contributed by atoms with Crippen molar-refractivity contribution in [3.63, 3.8) is 0 Å². The number of ether oxygens (including phenoxy) is 1. The van der Waals surface area contributed by atoms with E-state index in [0.29, 0.717) is 45.2 Å². The van der Waals surface area contributed by atoms with Gasteiger partial charge in [0.2, 0.25) is 11.8 Å².